The van der Waals surface area contributed by atoms with E-state index >= 15 is 0 Å². The van der Waals surface area contributed by atoms with E-state index in [1.165, 1.54) is 0 Å². The zero-order chi connectivity index (χ0) is 14.1. The number of fused-ring (bicyclic) bond motifs is 1. The van der Waals surface area contributed by atoms with Crippen molar-refractivity contribution in [3.05, 3.63) is 30.0 Å². The third-order valence-electron chi connectivity index (χ3n) is 3.77. The Balaban J connectivity index is 1.89. The van der Waals surface area contributed by atoms with Gasteiger partial charge in [0.05, 0.1) is 7.11 Å². The van der Waals surface area contributed by atoms with Crippen LogP contribution in [0.5, 0.6) is 5.75 Å². The number of hydrogen-bond acceptors (Lipinski definition) is 4. The van der Waals surface area contributed by atoms with Gasteiger partial charge in [0.1, 0.15) is 0 Å². The van der Waals surface area contributed by atoms with Gasteiger partial charge in [-0.3, -0.25) is 4.79 Å². The van der Waals surface area contributed by atoms with Crippen LogP contribution < -0.4 is 4.74 Å². The number of hydrogen-bond donors (Lipinski definition) is 1. The second kappa shape index (κ2) is 5.17. The summed E-state index contributed by atoms with van der Waals surface area (Å²) in [5.41, 5.74) is 0.594. The predicted molar refractivity (Wildman–Crippen MR) is 73.9 cm³/mol. The Morgan fingerprint density at radius 1 is 1.55 bits per heavy atom. The second-order valence-corrected chi connectivity index (χ2v) is 5.08. The highest BCUT2D eigenvalue weighted by atomic mass is 16.5. The number of aliphatic hydroxyl groups excluding tert-OH is 1. The molecule has 0 bridgehead atoms. The first-order chi connectivity index (χ1) is 9.72. The Labute approximate surface area is 116 Å². The molecule has 1 atom stereocenters. The number of nitrogens with zero attached hydrogens (tertiary/aromatic N) is 1. The van der Waals surface area contributed by atoms with Crippen LogP contribution >= 0.6 is 0 Å². The van der Waals surface area contributed by atoms with Crippen molar-refractivity contribution >= 4 is 16.9 Å². The molecule has 1 aliphatic heterocycles. The van der Waals surface area contributed by atoms with Gasteiger partial charge >= 0.3 is 0 Å². The van der Waals surface area contributed by atoms with Crippen LogP contribution in [-0.2, 0) is 0 Å². The number of carbonyl (C=O) groups is 1. The van der Waals surface area contributed by atoms with Crippen LogP contribution in [0.3, 0.4) is 0 Å². The Morgan fingerprint density at radius 3 is 3.10 bits per heavy atom. The summed E-state index contributed by atoms with van der Waals surface area (Å²) < 4.78 is 10.9. The first kappa shape index (κ1) is 13.0. The monoisotopic (exact) mass is 275 g/mol. The van der Waals surface area contributed by atoms with Gasteiger partial charge in [0.2, 0.25) is 0 Å². The molecular formula is C15H17NO4. The molecule has 1 fully saturated rings. The standard InChI is InChI=1S/C15H17NO4/c1-19-12-4-2-3-11-7-13(20-14(11)12)15(18)16-6-5-10(8-16)9-17/h2-4,7,10,17H,5-6,8-9H2,1H3. The molecule has 5 heteroatoms. The van der Waals surface area contributed by atoms with Crippen LogP contribution in [0.2, 0.25) is 0 Å². The zero-order valence-electron chi connectivity index (χ0n) is 11.3. The zero-order valence-corrected chi connectivity index (χ0v) is 11.3. The summed E-state index contributed by atoms with van der Waals surface area (Å²) in [4.78, 5) is 14.1. The fraction of sp³-hybridized carbons (Fsp3) is 0.400. The summed E-state index contributed by atoms with van der Waals surface area (Å²) in [6, 6.07) is 7.30. The molecule has 2 heterocycles. The van der Waals surface area contributed by atoms with Gasteiger partial charge in [-0.05, 0) is 18.6 Å². The lowest BCUT2D eigenvalue weighted by Crippen LogP contribution is -2.28. The van der Waals surface area contributed by atoms with Gasteiger partial charge < -0.3 is 19.2 Å². The lowest BCUT2D eigenvalue weighted by Gasteiger charge is -2.14. The van der Waals surface area contributed by atoms with Crippen molar-refractivity contribution in [2.75, 3.05) is 26.8 Å². The molecule has 1 unspecified atom stereocenters. The summed E-state index contributed by atoms with van der Waals surface area (Å²) in [5, 5.41) is 9.99. The summed E-state index contributed by atoms with van der Waals surface area (Å²) in [6.07, 6.45) is 0.839. The summed E-state index contributed by atoms with van der Waals surface area (Å²) in [7, 11) is 1.57. The van der Waals surface area contributed by atoms with E-state index in [2.05, 4.69) is 0 Å². The maximum absolute atomic E-state index is 12.4. The maximum Gasteiger partial charge on any atom is 0.289 e. The fourth-order valence-corrected chi connectivity index (χ4v) is 2.62. The number of rotatable bonds is 3. The van der Waals surface area contributed by atoms with E-state index in [1.54, 1.807) is 24.1 Å². The molecule has 3 rings (SSSR count). The van der Waals surface area contributed by atoms with Gasteiger partial charge in [0.15, 0.2) is 17.1 Å². The molecule has 0 aliphatic carbocycles. The average molecular weight is 275 g/mol. The van der Waals surface area contributed by atoms with E-state index in [4.69, 9.17) is 14.3 Å². The van der Waals surface area contributed by atoms with E-state index in [9.17, 15) is 4.79 Å². The largest absolute Gasteiger partial charge is 0.493 e. The third kappa shape index (κ3) is 2.14. The van der Waals surface area contributed by atoms with E-state index in [-0.39, 0.29) is 18.4 Å². The number of carbonyl (C=O) groups excluding carboxylic acids is 1. The summed E-state index contributed by atoms with van der Waals surface area (Å²) in [5.74, 6) is 0.997. The molecule has 5 nitrogen and oxygen atoms in total. The molecule has 1 saturated heterocycles. The summed E-state index contributed by atoms with van der Waals surface area (Å²) in [6.45, 7) is 1.37. The number of aliphatic hydroxyl groups is 1. The van der Waals surface area contributed by atoms with Crippen molar-refractivity contribution in [3.8, 4) is 5.75 Å². The average Bonchev–Trinajstić information content (AvgIpc) is 3.12. The lowest BCUT2D eigenvalue weighted by atomic mass is 10.1. The molecule has 1 N–H and O–H groups in total. The normalized spacial score (nSPS) is 18.7. The molecule has 106 valence electrons. The van der Waals surface area contributed by atoms with Gasteiger partial charge in [-0.1, -0.05) is 12.1 Å². The molecule has 1 aromatic carbocycles. The van der Waals surface area contributed by atoms with E-state index in [0.717, 1.165) is 11.8 Å². The molecule has 1 aliphatic rings. The number of methoxy groups -OCH3 is 1. The van der Waals surface area contributed by atoms with Gasteiger partial charge in [-0.15, -0.1) is 0 Å². The van der Waals surface area contributed by atoms with Crippen LogP contribution in [0.1, 0.15) is 17.0 Å². The van der Waals surface area contributed by atoms with Crippen molar-refractivity contribution in [1.29, 1.82) is 0 Å². The third-order valence-corrected chi connectivity index (χ3v) is 3.77. The van der Waals surface area contributed by atoms with Gasteiger partial charge in [0, 0.05) is 31.0 Å². The van der Waals surface area contributed by atoms with Crippen LogP contribution in [0, 0.1) is 5.92 Å². The first-order valence-corrected chi connectivity index (χ1v) is 6.69. The molecule has 0 radical (unpaired) electrons. The van der Waals surface area contributed by atoms with Crippen LogP contribution in [-0.4, -0.2) is 42.7 Å². The van der Waals surface area contributed by atoms with Crippen molar-refractivity contribution < 1.29 is 19.1 Å². The highest BCUT2D eigenvalue weighted by molar-refractivity contribution is 5.97. The smallest absolute Gasteiger partial charge is 0.289 e. The topological polar surface area (TPSA) is 62.9 Å². The molecule has 1 aromatic heterocycles. The number of amides is 1. The van der Waals surface area contributed by atoms with Crippen LogP contribution in [0.25, 0.3) is 11.0 Å². The minimum absolute atomic E-state index is 0.123. The first-order valence-electron chi connectivity index (χ1n) is 6.69. The molecule has 0 saturated carbocycles. The number of furan rings is 1. The lowest BCUT2D eigenvalue weighted by molar-refractivity contribution is 0.0752. The Hall–Kier alpha value is -2.01. The maximum atomic E-state index is 12.4. The number of ether oxygens (including phenoxy) is 1. The fourth-order valence-electron chi connectivity index (χ4n) is 2.62. The van der Waals surface area contributed by atoms with E-state index in [1.807, 2.05) is 12.1 Å². The SMILES string of the molecule is COc1cccc2cc(C(=O)N3CCC(CO)C3)oc12. The van der Waals surface area contributed by atoms with Crippen LogP contribution in [0.4, 0.5) is 0 Å². The Bertz CT molecular complexity index is 634. The quantitative estimate of drug-likeness (QED) is 0.929. The Morgan fingerprint density at radius 2 is 2.40 bits per heavy atom. The number of benzene rings is 1. The van der Waals surface area contributed by atoms with Crippen molar-refractivity contribution in [2.24, 2.45) is 5.92 Å². The van der Waals surface area contributed by atoms with Crippen molar-refractivity contribution in [2.45, 2.75) is 6.42 Å². The van der Waals surface area contributed by atoms with Crippen molar-refractivity contribution in [3.63, 3.8) is 0 Å². The molecule has 0 spiro atoms. The molecule has 1 amide bonds. The molecular weight excluding hydrogens is 258 g/mol. The Kier molecular flexibility index (Phi) is 3.36. The predicted octanol–water partition coefficient (Wildman–Crippen LogP) is 1.90. The molecule has 2 aromatic rings. The highest BCUT2D eigenvalue weighted by Crippen LogP contribution is 2.29. The number of para-hydroxylation sites is 1. The number of likely N-dealkylation sites (tertiary alicyclic amines) is 1. The minimum Gasteiger partial charge on any atom is -0.493 e. The van der Waals surface area contributed by atoms with Gasteiger partial charge in [-0.25, -0.2) is 0 Å². The van der Waals surface area contributed by atoms with Crippen LogP contribution in [0.15, 0.2) is 28.7 Å². The van der Waals surface area contributed by atoms with Gasteiger partial charge in [0.25, 0.3) is 5.91 Å². The summed E-state index contributed by atoms with van der Waals surface area (Å²) >= 11 is 0. The van der Waals surface area contributed by atoms with Gasteiger partial charge in [-0.2, -0.15) is 0 Å². The second-order valence-electron chi connectivity index (χ2n) is 5.08. The van der Waals surface area contributed by atoms with Crippen molar-refractivity contribution in [1.82, 2.24) is 4.90 Å². The van der Waals surface area contributed by atoms with E-state index in [0.29, 0.717) is 30.2 Å². The highest BCUT2D eigenvalue weighted by Gasteiger charge is 2.28. The molecule has 20 heavy (non-hydrogen) atoms. The minimum atomic E-state index is -0.126. The van der Waals surface area contributed by atoms with E-state index < -0.39 is 0 Å².